The second-order valence-corrected chi connectivity index (χ2v) is 5.29. The van der Waals surface area contributed by atoms with Gasteiger partial charge in [0, 0.05) is 0 Å². The first kappa shape index (κ1) is 23.0. The SMILES string of the molecule is FCCOCCOCCOCCOCCOCCOCc1ccccc1. The highest BCUT2D eigenvalue weighted by atomic mass is 19.1. The van der Waals surface area contributed by atoms with E-state index in [9.17, 15) is 4.39 Å². The van der Waals surface area contributed by atoms with Crippen molar-refractivity contribution in [3.63, 3.8) is 0 Å². The van der Waals surface area contributed by atoms with Crippen LogP contribution in [-0.2, 0) is 35.0 Å². The molecule has 0 saturated heterocycles. The van der Waals surface area contributed by atoms with Crippen LogP contribution in [0.3, 0.4) is 0 Å². The molecule has 7 heteroatoms. The van der Waals surface area contributed by atoms with Crippen LogP contribution < -0.4 is 0 Å². The van der Waals surface area contributed by atoms with Crippen molar-refractivity contribution in [1.29, 1.82) is 0 Å². The number of rotatable bonds is 19. The summed E-state index contributed by atoms with van der Waals surface area (Å²) in [5.74, 6) is 0. The molecule has 0 N–H and O–H groups in total. The Morgan fingerprint density at radius 3 is 1.31 bits per heavy atom. The van der Waals surface area contributed by atoms with Gasteiger partial charge in [0.15, 0.2) is 0 Å². The molecule has 0 fully saturated rings. The standard InChI is InChI=1S/C19H31FO6/c20-6-7-21-8-9-22-10-11-23-12-13-24-14-15-25-16-17-26-18-19-4-2-1-3-5-19/h1-5H,6-18H2. The average molecular weight is 374 g/mol. The lowest BCUT2D eigenvalue weighted by molar-refractivity contribution is -0.0180. The molecular formula is C19H31FO6. The van der Waals surface area contributed by atoms with Crippen LogP contribution >= 0.6 is 0 Å². The highest BCUT2D eigenvalue weighted by molar-refractivity contribution is 5.13. The quantitative estimate of drug-likeness (QED) is 0.346. The van der Waals surface area contributed by atoms with E-state index in [1.165, 1.54) is 0 Å². The van der Waals surface area contributed by atoms with E-state index in [1.54, 1.807) is 0 Å². The summed E-state index contributed by atoms with van der Waals surface area (Å²) in [6, 6.07) is 10.0. The molecule has 1 aromatic carbocycles. The fourth-order valence-corrected chi connectivity index (χ4v) is 1.92. The van der Waals surface area contributed by atoms with Crippen LogP contribution in [0.15, 0.2) is 30.3 Å². The Bertz CT molecular complexity index is 393. The van der Waals surface area contributed by atoms with Gasteiger partial charge in [-0.3, -0.25) is 0 Å². The van der Waals surface area contributed by atoms with Gasteiger partial charge in [-0.05, 0) is 5.56 Å². The summed E-state index contributed by atoms with van der Waals surface area (Å²) >= 11 is 0. The number of hydrogen-bond donors (Lipinski definition) is 0. The predicted molar refractivity (Wildman–Crippen MR) is 96.2 cm³/mol. The number of alkyl halides is 1. The second-order valence-electron chi connectivity index (χ2n) is 5.29. The third-order valence-corrected chi connectivity index (χ3v) is 3.19. The summed E-state index contributed by atoms with van der Waals surface area (Å²) in [5, 5.41) is 0. The fourth-order valence-electron chi connectivity index (χ4n) is 1.92. The lowest BCUT2D eigenvalue weighted by atomic mass is 10.2. The topological polar surface area (TPSA) is 55.4 Å². The normalized spacial score (nSPS) is 11.1. The first-order valence-electron chi connectivity index (χ1n) is 9.00. The lowest BCUT2D eigenvalue weighted by Gasteiger charge is -2.08. The average Bonchev–Trinajstić information content (AvgIpc) is 2.68. The van der Waals surface area contributed by atoms with Crippen LogP contribution in [0.25, 0.3) is 0 Å². The van der Waals surface area contributed by atoms with Crippen LogP contribution in [0.2, 0.25) is 0 Å². The van der Waals surface area contributed by atoms with E-state index >= 15 is 0 Å². The number of hydrogen-bond acceptors (Lipinski definition) is 6. The van der Waals surface area contributed by atoms with Gasteiger partial charge in [-0.2, -0.15) is 0 Å². The van der Waals surface area contributed by atoms with E-state index < -0.39 is 6.67 Å². The molecule has 0 unspecified atom stereocenters. The molecule has 0 heterocycles. The van der Waals surface area contributed by atoms with E-state index in [-0.39, 0.29) is 6.61 Å². The molecule has 26 heavy (non-hydrogen) atoms. The van der Waals surface area contributed by atoms with Crippen molar-refractivity contribution in [2.45, 2.75) is 6.61 Å². The molecule has 0 aromatic heterocycles. The van der Waals surface area contributed by atoms with Gasteiger partial charge >= 0.3 is 0 Å². The molecule has 0 aliphatic rings. The molecule has 1 rings (SSSR count). The molecule has 0 aliphatic carbocycles. The summed E-state index contributed by atoms with van der Waals surface area (Å²) in [7, 11) is 0. The summed E-state index contributed by atoms with van der Waals surface area (Å²) in [6.45, 7) is 5.35. The Hall–Kier alpha value is -1.09. The molecule has 0 bridgehead atoms. The minimum Gasteiger partial charge on any atom is -0.377 e. The maximum atomic E-state index is 11.7. The molecule has 0 spiro atoms. The molecule has 1 aromatic rings. The second kappa shape index (κ2) is 18.7. The fraction of sp³-hybridized carbons (Fsp3) is 0.684. The third-order valence-electron chi connectivity index (χ3n) is 3.19. The van der Waals surface area contributed by atoms with E-state index in [4.69, 9.17) is 28.4 Å². The van der Waals surface area contributed by atoms with Gasteiger partial charge in [0.25, 0.3) is 0 Å². The van der Waals surface area contributed by atoms with Crippen molar-refractivity contribution in [1.82, 2.24) is 0 Å². The Balaban J connectivity index is 1.68. The van der Waals surface area contributed by atoms with Gasteiger partial charge in [-0.25, -0.2) is 4.39 Å². The Kier molecular flexibility index (Phi) is 16.5. The Labute approximate surface area is 155 Å². The van der Waals surface area contributed by atoms with E-state index in [0.717, 1.165) is 5.56 Å². The maximum Gasteiger partial charge on any atom is 0.113 e. The van der Waals surface area contributed by atoms with Gasteiger partial charge in [0.05, 0.1) is 79.3 Å². The van der Waals surface area contributed by atoms with E-state index in [0.29, 0.717) is 72.7 Å². The van der Waals surface area contributed by atoms with Gasteiger partial charge in [0.1, 0.15) is 6.67 Å². The Morgan fingerprint density at radius 1 is 0.500 bits per heavy atom. The van der Waals surface area contributed by atoms with Crippen LogP contribution in [0.4, 0.5) is 4.39 Å². The smallest absolute Gasteiger partial charge is 0.113 e. The zero-order chi connectivity index (χ0) is 18.5. The zero-order valence-electron chi connectivity index (χ0n) is 15.4. The highest BCUT2D eigenvalue weighted by Crippen LogP contribution is 1.99. The van der Waals surface area contributed by atoms with Crippen molar-refractivity contribution in [3.8, 4) is 0 Å². The predicted octanol–water partition coefficient (Wildman–Crippen LogP) is 2.26. The third kappa shape index (κ3) is 15.2. The lowest BCUT2D eigenvalue weighted by Crippen LogP contribution is -2.14. The zero-order valence-corrected chi connectivity index (χ0v) is 15.4. The van der Waals surface area contributed by atoms with Crippen LogP contribution in [-0.4, -0.2) is 79.4 Å². The molecule has 0 saturated carbocycles. The van der Waals surface area contributed by atoms with Crippen molar-refractivity contribution in [2.75, 3.05) is 79.4 Å². The van der Waals surface area contributed by atoms with Crippen molar-refractivity contribution < 1.29 is 32.8 Å². The molecule has 0 aliphatic heterocycles. The number of halogens is 1. The molecule has 0 radical (unpaired) electrons. The maximum absolute atomic E-state index is 11.7. The van der Waals surface area contributed by atoms with Crippen LogP contribution in [0.5, 0.6) is 0 Å². The largest absolute Gasteiger partial charge is 0.377 e. The highest BCUT2D eigenvalue weighted by Gasteiger charge is 1.95. The Morgan fingerprint density at radius 2 is 0.885 bits per heavy atom. The summed E-state index contributed by atoms with van der Waals surface area (Å²) in [4.78, 5) is 0. The minimum absolute atomic E-state index is 0.127. The molecular weight excluding hydrogens is 343 g/mol. The van der Waals surface area contributed by atoms with Crippen LogP contribution in [0.1, 0.15) is 5.56 Å². The summed E-state index contributed by atoms with van der Waals surface area (Å²) in [6.07, 6.45) is 0. The first-order chi connectivity index (χ1) is 12.9. The summed E-state index contributed by atoms with van der Waals surface area (Å²) in [5.41, 5.74) is 1.16. The van der Waals surface area contributed by atoms with Gasteiger partial charge < -0.3 is 28.4 Å². The van der Waals surface area contributed by atoms with Gasteiger partial charge in [-0.15, -0.1) is 0 Å². The molecule has 150 valence electrons. The van der Waals surface area contributed by atoms with E-state index in [2.05, 4.69) is 0 Å². The molecule has 6 nitrogen and oxygen atoms in total. The van der Waals surface area contributed by atoms with E-state index in [1.807, 2.05) is 30.3 Å². The van der Waals surface area contributed by atoms with Gasteiger partial charge in [-0.1, -0.05) is 30.3 Å². The monoisotopic (exact) mass is 374 g/mol. The molecule has 0 amide bonds. The van der Waals surface area contributed by atoms with Crippen molar-refractivity contribution >= 4 is 0 Å². The number of ether oxygens (including phenoxy) is 6. The van der Waals surface area contributed by atoms with Crippen LogP contribution in [0, 0.1) is 0 Å². The summed E-state index contributed by atoms with van der Waals surface area (Å²) < 4.78 is 43.6. The molecule has 0 atom stereocenters. The number of benzene rings is 1. The minimum atomic E-state index is -0.462. The van der Waals surface area contributed by atoms with Crippen molar-refractivity contribution in [3.05, 3.63) is 35.9 Å². The first-order valence-corrected chi connectivity index (χ1v) is 9.00. The van der Waals surface area contributed by atoms with Crippen molar-refractivity contribution in [2.24, 2.45) is 0 Å². The van der Waals surface area contributed by atoms with Gasteiger partial charge in [0.2, 0.25) is 0 Å².